The van der Waals surface area contributed by atoms with Crippen molar-refractivity contribution in [2.75, 3.05) is 17.2 Å². The van der Waals surface area contributed by atoms with E-state index in [0.717, 1.165) is 18.4 Å². The highest BCUT2D eigenvalue weighted by molar-refractivity contribution is 5.79. The molecule has 0 radical (unpaired) electrons. The maximum absolute atomic E-state index is 14.7. The van der Waals surface area contributed by atoms with Crippen molar-refractivity contribution < 1.29 is 19.0 Å². The molecule has 1 saturated carbocycles. The van der Waals surface area contributed by atoms with Crippen LogP contribution >= 0.6 is 0 Å². The fourth-order valence-electron chi connectivity index (χ4n) is 3.31. The van der Waals surface area contributed by atoms with Crippen molar-refractivity contribution in [1.82, 2.24) is 0 Å². The lowest BCUT2D eigenvalue weighted by atomic mass is 10.0. The van der Waals surface area contributed by atoms with Crippen molar-refractivity contribution in [3.63, 3.8) is 0 Å². The van der Waals surface area contributed by atoms with E-state index in [9.17, 15) is 13.9 Å². The number of halogens is 2. The van der Waals surface area contributed by atoms with Crippen LogP contribution in [-0.4, -0.2) is 28.5 Å². The van der Waals surface area contributed by atoms with E-state index in [1.54, 1.807) is 0 Å². The SMILES string of the molecule is CCc1cc(F)c(F)c(Nc2ccc(C)cc2)c1NC1(CC(O)CO)CC1. The first-order valence-corrected chi connectivity index (χ1v) is 9.29. The van der Waals surface area contributed by atoms with E-state index in [-0.39, 0.29) is 12.3 Å². The van der Waals surface area contributed by atoms with Crippen LogP contribution in [0.15, 0.2) is 30.3 Å². The van der Waals surface area contributed by atoms with Gasteiger partial charge in [0.05, 0.1) is 18.4 Å². The lowest BCUT2D eigenvalue weighted by Crippen LogP contribution is -2.30. The number of hydrogen-bond donors (Lipinski definition) is 4. The molecule has 0 heterocycles. The van der Waals surface area contributed by atoms with E-state index in [1.807, 2.05) is 38.1 Å². The van der Waals surface area contributed by atoms with Gasteiger partial charge in [-0.1, -0.05) is 24.6 Å². The van der Waals surface area contributed by atoms with Gasteiger partial charge in [-0.2, -0.15) is 0 Å². The fourth-order valence-corrected chi connectivity index (χ4v) is 3.31. The lowest BCUT2D eigenvalue weighted by molar-refractivity contribution is 0.0821. The summed E-state index contributed by atoms with van der Waals surface area (Å²) in [6.07, 6.45) is 1.65. The van der Waals surface area contributed by atoms with Crippen molar-refractivity contribution in [2.24, 2.45) is 0 Å². The number of aliphatic hydroxyl groups is 2. The molecule has 1 atom stereocenters. The number of aliphatic hydroxyl groups excluding tert-OH is 2. The summed E-state index contributed by atoms with van der Waals surface area (Å²) in [6, 6.07) is 8.65. The van der Waals surface area contributed by atoms with Gasteiger partial charge in [0, 0.05) is 11.2 Å². The summed E-state index contributed by atoms with van der Waals surface area (Å²) in [6.45, 7) is 3.52. The first kappa shape index (κ1) is 19.6. The fraction of sp³-hybridized carbons (Fsp3) is 0.429. The summed E-state index contributed by atoms with van der Waals surface area (Å²) in [5.74, 6) is -1.83. The summed E-state index contributed by atoms with van der Waals surface area (Å²) >= 11 is 0. The maximum Gasteiger partial charge on any atom is 0.184 e. The van der Waals surface area contributed by atoms with Crippen LogP contribution in [0.3, 0.4) is 0 Å². The van der Waals surface area contributed by atoms with E-state index >= 15 is 0 Å². The van der Waals surface area contributed by atoms with E-state index in [2.05, 4.69) is 10.6 Å². The Kier molecular flexibility index (Phi) is 5.67. The molecule has 2 aromatic rings. The van der Waals surface area contributed by atoms with Gasteiger partial charge in [-0.15, -0.1) is 0 Å². The highest BCUT2D eigenvalue weighted by atomic mass is 19.2. The molecule has 0 saturated heterocycles. The van der Waals surface area contributed by atoms with Crippen molar-refractivity contribution in [1.29, 1.82) is 0 Å². The first-order valence-electron chi connectivity index (χ1n) is 9.29. The number of nitrogens with one attached hydrogen (secondary N) is 2. The second kappa shape index (κ2) is 7.82. The number of hydrogen-bond acceptors (Lipinski definition) is 4. The molecule has 1 unspecified atom stereocenters. The minimum atomic E-state index is -0.936. The second-order valence-corrected chi connectivity index (χ2v) is 7.37. The topological polar surface area (TPSA) is 64.5 Å². The Hall–Kier alpha value is -2.18. The monoisotopic (exact) mass is 376 g/mol. The number of benzene rings is 2. The molecule has 0 spiro atoms. The van der Waals surface area contributed by atoms with Gasteiger partial charge in [-0.3, -0.25) is 0 Å². The number of rotatable bonds is 8. The predicted octanol–water partition coefficient (Wildman–Crippen LogP) is 4.27. The molecule has 1 fully saturated rings. The smallest absolute Gasteiger partial charge is 0.184 e. The molecule has 0 bridgehead atoms. The van der Waals surface area contributed by atoms with E-state index in [1.165, 1.54) is 6.07 Å². The third-order valence-corrected chi connectivity index (χ3v) is 5.08. The summed E-state index contributed by atoms with van der Waals surface area (Å²) in [7, 11) is 0. The minimum absolute atomic E-state index is 0.0699. The Bertz CT molecular complexity index is 805. The predicted molar refractivity (Wildman–Crippen MR) is 103 cm³/mol. The summed E-state index contributed by atoms with van der Waals surface area (Å²) in [4.78, 5) is 0. The van der Waals surface area contributed by atoms with E-state index < -0.39 is 23.3 Å². The van der Waals surface area contributed by atoms with Crippen LogP contribution in [0.5, 0.6) is 0 Å². The van der Waals surface area contributed by atoms with Crippen LogP contribution in [0.4, 0.5) is 25.8 Å². The Balaban J connectivity index is 1.98. The average Bonchev–Trinajstić information content (AvgIpc) is 3.41. The normalized spacial score (nSPS) is 16.1. The molecule has 0 aromatic heterocycles. The van der Waals surface area contributed by atoms with Crippen LogP contribution in [0.1, 0.15) is 37.3 Å². The Labute approximate surface area is 158 Å². The molecule has 27 heavy (non-hydrogen) atoms. The minimum Gasteiger partial charge on any atom is -0.394 e. The van der Waals surface area contributed by atoms with Crippen molar-refractivity contribution in [3.8, 4) is 0 Å². The molecule has 1 aliphatic carbocycles. The Morgan fingerprint density at radius 2 is 1.81 bits per heavy atom. The Morgan fingerprint density at radius 3 is 2.37 bits per heavy atom. The molecule has 2 aromatic carbocycles. The molecule has 0 aliphatic heterocycles. The van der Waals surface area contributed by atoms with Gasteiger partial charge in [-0.05, 0) is 56.4 Å². The van der Waals surface area contributed by atoms with Crippen molar-refractivity contribution in [3.05, 3.63) is 53.1 Å². The van der Waals surface area contributed by atoms with Crippen LogP contribution < -0.4 is 10.6 Å². The molecule has 3 rings (SSSR count). The van der Waals surface area contributed by atoms with E-state index in [4.69, 9.17) is 5.11 Å². The first-order chi connectivity index (χ1) is 12.9. The van der Waals surface area contributed by atoms with Crippen molar-refractivity contribution in [2.45, 2.75) is 51.2 Å². The van der Waals surface area contributed by atoms with Crippen LogP contribution in [0.25, 0.3) is 0 Å². The van der Waals surface area contributed by atoms with Gasteiger partial charge in [-0.25, -0.2) is 8.78 Å². The highest BCUT2D eigenvalue weighted by Gasteiger charge is 2.45. The quantitative estimate of drug-likeness (QED) is 0.556. The van der Waals surface area contributed by atoms with Crippen molar-refractivity contribution >= 4 is 17.1 Å². The molecule has 4 N–H and O–H groups in total. The summed E-state index contributed by atoms with van der Waals surface area (Å²) in [5, 5.41) is 25.3. The summed E-state index contributed by atoms with van der Waals surface area (Å²) < 4.78 is 28.9. The molecule has 6 heteroatoms. The van der Waals surface area contributed by atoms with Gasteiger partial charge in [0.15, 0.2) is 11.6 Å². The molecular formula is C21H26F2N2O2. The van der Waals surface area contributed by atoms with E-state index in [0.29, 0.717) is 29.8 Å². The number of anilines is 3. The standard InChI is InChI=1S/C21H26F2N2O2/c1-3-14-10-17(22)18(23)20(24-15-6-4-13(2)5-7-15)19(14)25-21(8-9-21)11-16(27)12-26/h4-7,10,16,24-27H,3,8-9,11-12H2,1-2H3. The zero-order chi connectivity index (χ0) is 19.6. The van der Waals surface area contributed by atoms with Crippen LogP contribution in [0.2, 0.25) is 0 Å². The Morgan fingerprint density at radius 1 is 1.15 bits per heavy atom. The maximum atomic E-state index is 14.7. The molecule has 4 nitrogen and oxygen atoms in total. The van der Waals surface area contributed by atoms with Gasteiger partial charge in [0.1, 0.15) is 5.69 Å². The molecule has 146 valence electrons. The molecule has 0 amide bonds. The largest absolute Gasteiger partial charge is 0.394 e. The second-order valence-electron chi connectivity index (χ2n) is 7.37. The van der Waals surface area contributed by atoms with Gasteiger partial charge < -0.3 is 20.8 Å². The molecule has 1 aliphatic rings. The van der Waals surface area contributed by atoms with Gasteiger partial charge >= 0.3 is 0 Å². The zero-order valence-electron chi connectivity index (χ0n) is 15.6. The third-order valence-electron chi connectivity index (χ3n) is 5.08. The van der Waals surface area contributed by atoms with Crippen LogP contribution in [0, 0.1) is 18.6 Å². The summed E-state index contributed by atoms with van der Waals surface area (Å²) in [5.41, 5.74) is 2.58. The van der Waals surface area contributed by atoms with Gasteiger partial charge in [0.25, 0.3) is 0 Å². The third kappa shape index (κ3) is 4.39. The van der Waals surface area contributed by atoms with Crippen LogP contribution in [-0.2, 0) is 6.42 Å². The van der Waals surface area contributed by atoms with Gasteiger partial charge in [0.2, 0.25) is 0 Å². The number of aryl methyl sites for hydroxylation is 2. The lowest BCUT2D eigenvalue weighted by Gasteiger charge is -2.26. The highest BCUT2D eigenvalue weighted by Crippen LogP contribution is 2.46. The molecular weight excluding hydrogens is 350 g/mol. The zero-order valence-corrected chi connectivity index (χ0v) is 15.6. The average molecular weight is 376 g/mol.